The van der Waals surface area contributed by atoms with Gasteiger partial charge < -0.3 is 15.5 Å². The van der Waals surface area contributed by atoms with Crippen LogP contribution in [0.25, 0.3) is 10.1 Å². The Morgan fingerprint density at radius 2 is 2.09 bits per heavy atom. The maximum atomic E-state index is 13.6. The number of anilines is 2. The second-order valence-corrected chi connectivity index (χ2v) is 10.7. The third kappa shape index (κ3) is 4.13. The second-order valence-electron chi connectivity index (χ2n) is 9.56. The quantitative estimate of drug-likeness (QED) is 0.498. The van der Waals surface area contributed by atoms with Gasteiger partial charge in [0.15, 0.2) is 5.82 Å². The Balaban J connectivity index is 0.00000228. The van der Waals surface area contributed by atoms with Crippen LogP contribution in [0.4, 0.5) is 11.6 Å². The molecule has 6 rings (SSSR count). The summed E-state index contributed by atoms with van der Waals surface area (Å²) >= 11 is 1.86. The molecule has 0 radical (unpaired) electrons. The molecule has 3 N–H and O–H groups in total. The number of H-pyrrole nitrogens is 1. The Morgan fingerprint density at radius 1 is 1.27 bits per heavy atom. The van der Waals surface area contributed by atoms with E-state index in [9.17, 15) is 4.79 Å². The number of rotatable bonds is 4. The van der Waals surface area contributed by atoms with Gasteiger partial charge in [-0.3, -0.25) is 9.89 Å². The first-order valence-electron chi connectivity index (χ1n) is 11.9. The van der Waals surface area contributed by atoms with Gasteiger partial charge in [0.2, 0.25) is 0 Å². The molecule has 3 aromatic rings. The summed E-state index contributed by atoms with van der Waals surface area (Å²) in [7, 11) is 0. The number of amides is 1. The number of nitrogens with zero attached hydrogens (tertiary/aromatic N) is 3. The summed E-state index contributed by atoms with van der Waals surface area (Å²) in [6.07, 6.45) is 7.12. The van der Waals surface area contributed by atoms with Crippen LogP contribution in [0.2, 0.25) is 0 Å². The van der Waals surface area contributed by atoms with Crippen LogP contribution in [0, 0.1) is 6.92 Å². The molecule has 1 aliphatic heterocycles. The third-order valence-electron chi connectivity index (χ3n) is 7.05. The molecule has 1 saturated carbocycles. The van der Waals surface area contributed by atoms with Crippen molar-refractivity contribution in [2.24, 2.45) is 0 Å². The molecule has 33 heavy (non-hydrogen) atoms. The Kier molecular flexibility index (Phi) is 6.09. The van der Waals surface area contributed by atoms with E-state index in [4.69, 9.17) is 4.98 Å². The predicted molar refractivity (Wildman–Crippen MR) is 135 cm³/mol. The fourth-order valence-electron chi connectivity index (χ4n) is 5.13. The van der Waals surface area contributed by atoms with E-state index >= 15 is 0 Å². The van der Waals surface area contributed by atoms with Gasteiger partial charge >= 0.3 is 0 Å². The number of halogens is 1. The summed E-state index contributed by atoms with van der Waals surface area (Å²) in [6, 6.07) is 2.40. The van der Waals surface area contributed by atoms with Gasteiger partial charge in [-0.25, -0.2) is 4.98 Å². The number of aryl methyl sites for hydroxylation is 3. The molecule has 0 spiro atoms. The van der Waals surface area contributed by atoms with E-state index in [2.05, 4.69) is 40.7 Å². The minimum atomic E-state index is 0. The Morgan fingerprint density at radius 3 is 2.88 bits per heavy atom. The molecule has 4 heterocycles. The molecule has 1 saturated heterocycles. The molecule has 2 fully saturated rings. The summed E-state index contributed by atoms with van der Waals surface area (Å²) in [5.74, 6) is 2.22. The van der Waals surface area contributed by atoms with E-state index in [0.29, 0.717) is 24.2 Å². The number of piperazine rings is 1. The molecule has 3 aromatic heterocycles. The van der Waals surface area contributed by atoms with Crippen LogP contribution in [0.1, 0.15) is 70.7 Å². The van der Waals surface area contributed by atoms with E-state index < -0.39 is 0 Å². The normalized spacial score (nSPS) is 20.4. The van der Waals surface area contributed by atoms with Crippen molar-refractivity contribution in [3.63, 3.8) is 0 Å². The standard InChI is InChI=1S/C24H30N6OS.ClH/c1-13-12-30(10-9-25-13)24(31)21-14(2)22-20(16-5-3-4-6-18(16)32-22)23(27-21)26-19-11-17(28-29-19)15-7-8-15;/h11,13,15,25H,3-10,12H2,1-2H3,(H2,26,27,28,29);1H/t13-;/m1./s1. The van der Waals surface area contributed by atoms with Crippen LogP contribution in [-0.4, -0.2) is 51.7 Å². The summed E-state index contributed by atoms with van der Waals surface area (Å²) in [5.41, 5.74) is 4.20. The van der Waals surface area contributed by atoms with Crippen molar-refractivity contribution < 1.29 is 4.79 Å². The van der Waals surface area contributed by atoms with Gasteiger partial charge in [-0.2, -0.15) is 5.10 Å². The van der Waals surface area contributed by atoms with Crippen molar-refractivity contribution in [3.05, 3.63) is 33.5 Å². The number of thiophene rings is 1. The summed E-state index contributed by atoms with van der Waals surface area (Å²) in [6.45, 7) is 6.45. The first kappa shape index (κ1) is 22.6. The number of carbonyl (C=O) groups is 1. The van der Waals surface area contributed by atoms with Crippen LogP contribution < -0.4 is 10.6 Å². The highest BCUT2D eigenvalue weighted by molar-refractivity contribution is 7.19. The first-order chi connectivity index (χ1) is 15.6. The second kappa shape index (κ2) is 8.89. The number of pyridine rings is 1. The first-order valence-corrected chi connectivity index (χ1v) is 12.7. The third-order valence-corrected chi connectivity index (χ3v) is 8.46. The van der Waals surface area contributed by atoms with E-state index in [-0.39, 0.29) is 18.3 Å². The van der Waals surface area contributed by atoms with Crippen molar-refractivity contribution in [1.29, 1.82) is 0 Å². The number of fused-ring (bicyclic) bond motifs is 3. The van der Waals surface area contributed by atoms with Gasteiger partial charge in [-0.15, -0.1) is 23.7 Å². The molecular weight excluding hydrogens is 456 g/mol. The molecule has 0 unspecified atom stereocenters. The largest absolute Gasteiger partial charge is 0.334 e. The molecule has 1 amide bonds. The summed E-state index contributed by atoms with van der Waals surface area (Å²) in [5, 5.41) is 15.8. The van der Waals surface area contributed by atoms with E-state index in [1.54, 1.807) is 0 Å². The molecular formula is C24H31ClN6OS. The van der Waals surface area contributed by atoms with Crippen molar-refractivity contribution in [1.82, 2.24) is 25.4 Å². The van der Waals surface area contributed by atoms with Gasteiger partial charge in [0.25, 0.3) is 5.91 Å². The zero-order valence-corrected chi connectivity index (χ0v) is 20.8. The number of hydrogen-bond acceptors (Lipinski definition) is 6. The zero-order valence-electron chi connectivity index (χ0n) is 19.2. The van der Waals surface area contributed by atoms with E-state index in [1.807, 2.05) is 16.2 Å². The van der Waals surface area contributed by atoms with Crippen molar-refractivity contribution in [2.75, 3.05) is 25.0 Å². The van der Waals surface area contributed by atoms with Crippen LogP contribution in [-0.2, 0) is 12.8 Å². The van der Waals surface area contributed by atoms with E-state index in [1.165, 1.54) is 51.9 Å². The lowest BCUT2D eigenvalue weighted by atomic mass is 9.95. The summed E-state index contributed by atoms with van der Waals surface area (Å²) in [4.78, 5) is 21.9. The average Bonchev–Trinajstić information content (AvgIpc) is 3.41. The smallest absolute Gasteiger partial charge is 0.272 e. The lowest BCUT2D eigenvalue weighted by Gasteiger charge is -2.32. The molecule has 7 nitrogen and oxygen atoms in total. The fraction of sp³-hybridized carbons (Fsp3) is 0.542. The van der Waals surface area contributed by atoms with Crippen LogP contribution in [0.15, 0.2) is 6.07 Å². The number of nitrogens with one attached hydrogen (secondary N) is 3. The summed E-state index contributed by atoms with van der Waals surface area (Å²) < 4.78 is 1.21. The fourth-order valence-corrected chi connectivity index (χ4v) is 6.52. The zero-order chi connectivity index (χ0) is 21.8. The average molecular weight is 487 g/mol. The molecule has 3 aliphatic rings. The topological polar surface area (TPSA) is 85.9 Å². The van der Waals surface area contributed by atoms with Gasteiger partial charge in [0.1, 0.15) is 11.5 Å². The molecule has 1 atom stereocenters. The highest BCUT2D eigenvalue weighted by Crippen LogP contribution is 2.43. The van der Waals surface area contributed by atoms with Gasteiger partial charge in [0, 0.05) is 58.3 Å². The Bertz CT molecular complexity index is 1200. The Labute approximate surface area is 204 Å². The molecule has 0 bridgehead atoms. The lowest BCUT2D eigenvalue weighted by Crippen LogP contribution is -2.51. The highest BCUT2D eigenvalue weighted by atomic mass is 35.5. The minimum Gasteiger partial charge on any atom is -0.334 e. The minimum absolute atomic E-state index is 0. The van der Waals surface area contributed by atoms with Crippen LogP contribution in [0.3, 0.4) is 0 Å². The number of aromatic nitrogens is 3. The molecule has 2 aliphatic carbocycles. The number of hydrogen-bond donors (Lipinski definition) is 3. The van der Waals surface area contributed by atoms with Gasteiger partial charge in [-0.1, -0.05) is 0 Å². The lowest BCUT2D eigenvalue weighted by molar-refractivity contribution is 0.0702. The maximum absolute atomic E-state index is 13.6. The number of aromatic amines is 1. The highest BCUT2D eigenvalue weighted by Gasteiger charge is 2.29. The maximum Gasteiger partial charge on any atom is 0.272 e. The van der Waals surface area contributed by atoms with Crippen LogP contribution >= 0.6 is 23.7 Å². The van der Waals surface area contributed by atoms with Gasteiger partial charge in [0.05, 0.1) is 0 Å². The predicted octanol–water partition coefficient (Wildman–Crippen LogP) is 4.68. The SMILES string of the molecule is Cc1c(C(=O)N2CCN[C@H](C)C2)nc(Nc2cc(C3CC3)[nH]n2)c2c3c(sc12)CCCC3.Cl. The van der Waals surface area contributed by atoms with Gasteiger partial charge in [-0.05, 0) is 63.5 Å². The molecule has 0 aromatic carbocycles. The molecule has 176 valence electrons. The van der Waals surface area contributed by atoms with Crippen molar-refractivity contribution in [3.8, 4) is 0 Å². The molecule has 9 heteroatoms. The van der Waals surface area contributed by atoms with Crippen molar-refractivity contribution in [2.45, 2.75) is 64.3 Å². The Hall–Kier alpha value is -2.16. The van der Waals surface area contributed by atoms with Crippen LogP contribution in [0.5, 0.6) is 0 Å². The number of carbonyl (C=O) groups excluding carboxylic acids is 1. The van der Waals surface area contributed by atoms with Crippen molar-refractivity contribution >= 4 is 51.4 Å². The monoisotopic (exact) mass is 486 g/mol. The van der Waals surface area contributed by atoms with E-state index in [0.717, 1.165) is 43.1 Å².